The van der Waals surface area contributed by atoms with Gasteiger partial charge in [-0.15, -0.1) is 12.4 Å². The second-order valence-corrected chi connectivity index (χ2v) is 4.00. The molecule has 0 aliphatic heterocycles. The first kappa shape index (κ1) is 15.2. The molecule has 0 radical (unpaired) electrons. The van der Waals surface area contributed by atoms with Crippen molar-refractivity contribution in [3.8, 4) is 0 Å². The smallest absolute Gasteiger partial charge is 0.240 e. The van der Waals surface area contributed by atoms with Crippen molar-refractivity contribution in [2.24, 2.45) is 5.73 Å². The van der Waals surface area contributed by atoms with Gasteiger partial charge in [0.1, 0.15) is 0 Å². The van der Waals surface area contributed by atoms with Crippen molar-refractivity contribution in [2.45, 2.75) is 38.1 Å². The lowest BCUT2D eigenvalue weighted by Gasteiger charge is -2.21. The SMILES string of the molecule is CCNC(=O)CNC(=O)C1(N)CCCC1.Cl. The van der Waals surface area contributed by atoms with Gasteiger partial charge in [0.15, 0.2) is 0 Å². The number of hydrogen-bond acceptors (Lipinski definition) is 3. The van der Waals surface area contributed by atoms with Gasteiger partial charge >= 0.3 is 0 Å². The quantitative estimate of drug-likeness (QED) is 0.652. The topological polar surface area (TPSA) is 84.2 Å². The normalized spacial score (nSPS) is 17.4. The van der Waals surface area contributed by atoms with Gasteiger partial charge in [-0.1, -0.05) is 12.8 Å². The van der Waals surface area contributed by atoms with Gasteiger partial charge in [-0.2, -0.15) is 0 Å². The highest BCUT2D eigenvalue weighted by Crippen LogP contribution is 2.26. The molecule has 1 saturated carbocycles. The fourth-order valence-electron chi connectivity index (χ4n) is 1.83. The van der Waals surface area contributed by atoms with Crippen LogP contribution in [0.5, 0.6) is 0 Å². The fourth-order valence-corrected chi connectivity index (χ4v) is 1.83. The second kappa shape index (κ2) is 6.70. The van der Waals surface area contributed by atoms with Gasteiger partial charge in [-0.3, -0.25) is 9.59 Å². The number of hydrogen-bond donors (Lipinski definition) is 3. The minimum atomic E-state index is -0.744. The molecule has 6 heteroatoms. The molecule has 4 N–H and O–H groups in total. The number of amides is 2. The van der Waals surface area contributed by atoms with Crippen molar-refractivity contribution in [1.29, 1.82) is 0 Å². The van der Waals surface area contributed by atoms with E-state index in [4.69, 9.17) is 5.73 Å². The van der Waals surface area contributed by atoms with Crippen molar-refractivity contribution in [1.82, 2.24) is 10.6 Å². The summed E-state index contributed by atoms with van der Waals surface area (Å²) in [6.07, 6.45) is 3.42. The molecule has 0 bridgehead atoms. The molecule has 0 aromatic rings. The predicted molar refractivity (Wildman–Crippen MR) is 64.3 cm³/mol. The van der Waals surface area contributed by atoms with E-state index < -0.39 is 5.54 Å². The number of carbonyl (C=O) groups is 2. The van der Waals surface area contributed by atoms with E-state index in [-0.39, 0.29) is 30.8 Å². The van der Waals surface area contributed by atoms with Crippen LogP contribution in [0.4, 0.5) is 0 Å². The summed E-state index contributed by atoms with van der Waals surface area (Å²) >= 11 is 0. The molecule has 1 rings (SSSR count). The minimum Gasteiger partial charge on any atom is -0.355 e. The van der Waals surface area contributed by atoms with Gasteiger partial charge in [-0.05, 0) is 19.8 Å². The summed E-state index contributed by atoms with van der Waals surface area (Å²) in [6.45, 7) is 2.43. The highest BCUT2D eigenvalue weighted by atomic mass is 35.5. The summed E-state index contributed by atoms with van der Waals surface area (Å²) in [4.78, 5) is 22.8. The molecule has 0 aromatic carbocycles. The lowest BCUT2D eigenvalue weighted by atomic mass is 9.98. The molecule has 0 saturated heterocycles. The highest BCUT2D eigenvalue weighted by molar-refractivity contribution is 5.90. The molecular weight excluding hydrogens is 230 g/mol. The second-order valence-electron chi connectivity index (χ2n) is 4.00. The van der Waals surface area contributed by atoms with Gasteiger partial charge in [0, 0.05) is 6.54 Å². The predicted octanol–water partition coefficient (Wildman–Crippen LogP) is -0.0680. The Hall–Kier alpha value is -0.810. The van der Waals surface area contributed by atoms with Crippen LogP contribution >= 0.6 is 12.4 Å². The van der Waals surface area contributed by atoms with Gasteiger partial charge in [0.2, 0.25) is 11.8 Å². The van der Waals surface area contributed by atoms with Crippen molar-refractivity contribution >= 4 is 24.2 Å². The lowest BCUT2D eigenvalue weighted by Crippen LogP contribution is -2.53. The van der Waals surface area contributed by atoms with Crippen LogP contribution in [-0.4, -0.2) is 30.4 Å². The molecular formula is C10H20ClN3O2. The average Bonchev–Trinajstić information content (AvgIpc) is 2.63. The maximum absolute atomic E-state index is 11.7. The van der Waals surface area contributed by atoms with Gasteiger partial charge in [-0.25, -0.2) is 0 Å². The molecule has 0 heterocycles. The summed E-state index contributed by atoms with van der Waals surface area (Å²) in [5, 5.41) is 5.18. The molecule has 0 atom stereocenters. The Kier molecular flexibility index (Phi) is 6.36. The summed E-state index contributed by atoms with van der Waals surface area (Å²) in [7, 11) is 0. The Labute approximate surface area is 102 Å². The third-order valence-electron chi connectivity index (χ3n) is 2.73. The molecule has 2 amide bonds. The third-order valence-corrected chi connectivity index (χ3v) is 2.73. The third kappa shape index (κ3) is 3.98. The number of nitrogens with one attached hydrogen (secondary N) is 2. The van der Waals surface area contributed by atoms with E-state index in [9.17, 15) is 9.59 Å². The molecule has 1 fully saturated rings. The van der Waals surface area contributed by atoms with Crippen LogP contribution in [0.2, 0.25) is 0 Å². The maximum Gasteiger partial charge on any atom is 0.240 e. The Morgan fingerprint density at radius 3 is 2.31 bits per heavy atom. The van der Waals surface area contributed by atoms with Gasteiger partial charge < -0.3 is 16.4 Å². The Morgan fingerprint density at radius 1 is 1.25 bits per heavy atom. The van der Waals surface area contributed by atoms with Crippen LogP contribution in [0.15, 0.2) is 0 Å². The first-order valence-corrected chi connectivity index (χ1v) is 5.42. The van der Waals surface area contributed by atoms with Crippen molar-refractivity contribution in [3.05, 3.63) is 0 Å². The molecule has 1 aliphatic carbocycles. The molecule has 0 unspecified atom stereocenters. The molecule has 5 nitrogen and oxygen atoms in total. The molecule has 1 aliphatic rings. The number of carbonyl (C=O) groups excluding carboxylic acids is 2. The number of rotatable bonds is 4. The van der Waals surface area contributed by atoms with Crippen LogP contribution < -0.4 is 16.4 Å². The number of halogens is 1. The van der Waals surface area contributed by atoms with Crippen molar-refractivity contribution in [3.63, 3.8) is 0 Å². The summed E-state index contributed by atoms with van der Waals surface area (Å²) < 4.78 is 0. The van der Waals surface area contributed by atoms with Crippen LogP contribution in [0.25, 0.3) is 0 Å². The zero-order valence-corrected chi connectivity index (χ0v) is 10.4. The Bertz CT molecular complexity index is 252. The van der Waals surface area contributed by atoms with Crippen molar-refractivity contribution < 1.29 is 9.59 Å². The fraction of sp³-hybridized carbons (Fsp3) is 0.800. The zero-order valence-electron chi connectivity index (χ0n) is 9.54. The molecule has 16 heavy (non-hydrogen) atoms. The number of nitrogens with two attached hydrogens (primary N) is 1. The van der Waals surface area contributed by atoms with E-state index in [0.717, 1.165) is 12.8 Å². The van der Waals surface area contributed by atoms with Crippen molar-refractivity contribution in [2.75, 3.05) is 13.1 Å². The molecule has 0 aromatic heterocycles. The van der Waals surface area contributed by atoms with Crippen LogP contribution in [0.1, 0.15) is 32.6 Å². The first-order chi connectivity index (χ1) is 7.08. The monoisotopic (exact) mass is 249 g/mol. The van der Waals surface area contributed by atoms with Gasteiger partial charge in [0.25, 0.3) is 0 Å². The summed E-state index contributed by atoms with van der Waals surface area (Å²) in [6, 6.07) is 0. The van der Waals surface area contributed by atoms with E-state index in [2.05, 4.69) is 10.6 Å². The van der Waals surface area contributed by atoms with Crippen LogP contribution in [0.3, 0.4) is 0 Å². The zero-order chi connectivity index (χ0) is 11.3. The Balaban J connectivity index is 0.00000225. The van der Waals surface area contributed by atoms with Gasteiger partial charge in [0.05, 0.1) is 12.1 Å². The average molecular weight is 250 g/mol. The van der Waals surface area contributed by atoms with E-state index in [1.54, 1.807) is 0 Å². The van der Waals surface area contributed by atoms with E-state index in [1.807, 2.05) is 6.92 Å². The molecule has 94 valence electrons. The van der Waals surface area contributed by atoms with E-state index in [1.165, 1.54) is 0 Å². The highest BCUT2D eigenvalue weighted by Gasteiger charge is 2.36. The summed E-state index contributed by atoms with van der Waals surface area (Å²) in [5.41, 5.74) is 5.18. The van der Waals surface area contributed by atoms with Crippen LogP contribution in [-0.2, 0) is 9.59 Å². The van der Waals surface area contributed by atoms with Crippen LogP contribution in [0, 0.1) is 0 Å². The standard InChI is InChI=1S/C10H19N3O2.ClH/c1-2-12-8(14)7-13-9(15)10(11)5-3-4-6-10;/h2-7,11H2,1H3,(H,12,14)(H,13,15);1H. The van der Waals surface area contributed by atoms with E-state index in [0.29, 0.717) is 19.4 Å². The largest absolute Gasteiger partial charge is 0.355 e. The lowest BCUT2D eigenvalue weighted by molar-refractivity contribution is -0.129. The summed E-state index contributed by atoms with van der Waals surface area (Å²) in [5.74, 6) is -0.376. The molecule has 0 spiro atoms. The van der Waals surface area contributed by atoms with E-state index >= 15 is 0 Å². The minimum absolute atomic E-state index is 0. The first-order valence-electron chi connectivity index (χ1n) is 5.42. The number of likely N-dealkylation sites (N-methyl/N-ethyl adjacent to an activating group) is 1. The maximum atomic E-state index is 11.7. The Morgan fingerprint density at radius 2 is 1.81 bits per heavy atom.